The van der Waals surface area contributed by atoms with Gasteiger partial charge in [0.2, 0.25) is 0 Å². The van der Waals surface area contributed by atoms with Crippen LogP contribution in [0.15, 0.2) is 6.07 Å². The number of carbonyl (C=O) groups is 1. The average molecular weight is 179 g/mol. The highest BCUT2D eigenvalue weighted by molar-refractivity contribution is 5.91. The summed E-state index contributed by atoms with van der Waals surface area (Å²) in [5, 5.41) is 12.1. The van der Waals surface area contributed by atoms with Gasteiger partial charge in [-0.25, -0.2) is 4.68 Å². The smallest absolute Gasteiger partial charge is 0.269 e. The van der Waals surface area contributed by atoms with Crippen LogP contribution in [0.25, 0.3) is 0 Å². The number of aromatic nitrogens is 2. The van der Waals surface area contributed by atoms with E-state index in [0.717, 1.165) is 0 Å². The molecule has 0 atom stereocenters. The Morgan fingerprint density at radius 1 is 1.77 bits per heavy atom. The van der Waals surface area contributed by atoms with Crippen molar-refractivity contribution in [1.29, 1.82) is 5.26 Å². The molecule has 13 heavy (non-hydrogen) atoms. The van der Waals surface area contributed by atoms with E-state index < -0.39 is 5.91 Å². The zero-order valence-corrected chi connectivity index (χ0v) is 6.90. The summed E-state index contributed by atoms with van der Waals surface area (Å²) in [6.07, 6.45) is 0.296. The number of rotatable bonds is 3. The third-order valence-corrected chi connectivity index (χ3v) is 1.50. The number of hydrogen-bond donors (Lipinski definition) is 2. The maximum atomic E-state index is 10.7. The lowest BCUT2D eigenvalue weighted by Crippen LogP contribution is -2.12. The highest BCUT2D eigenvalue weighted by Gasteiger charge is 2.08. The Hall–Kier alpha value is -2.03. The fourth-order valence-electron chi connectivity index (χ4n) is 0.887. The molecule has 6 nitrogen and oxygen atoms in total. The minimum absolute atomic E-state index is 0.121. The van der Waals surface area contributed by atoms with E-state index >= 15 is 0 Å². The minimum Gasteiger partial charge on any atom is -0.384 e. The number of hydrogen-bond acceptors (Lipinski definition) is 4. The van der Waals surface area contributed by atoms with Crippen molar-refractivity contribution in [1.82, 2.24) is 9.78 Å². The van der Waals surface area contributed by atoms with Crippen molar-refractivity contribution in [3.63, 3.8) is 0 Å². The number of nitrogens with zero attached hydrogens (tertiary/aromatic N) is 3. The molecule has 1 aromatic rings. The predicted molar refractivity (Wildman–Crippen MR) is 45.4 cm³/mol. The summed E-state index contributed by atoms with van der Waals surface area (Å²) in [5.41, 5.74) is 10.6. The summed E-state index contributed by atoms with van der Waals surface area (Å²) >= 11 is 0. The first kappa shape index (κ1) is 9.06. The number of nitrogens with two attached hydrogens (primary N) is 2. The molecule has 0 bridgehead atoms. The molecule has 0 aliphatic heterocycles. The summed E-state index contributed by atoms with van der Waals surface area (Å²) in [4.78, 5) is 10.7. The third kappa shape index (κ3) is 1.96. The van der Waals surface area contributed by atoms with Crippen LogP contribution in [0.2, 0.25) is 0 Å². The van der Waals surface area contributed by atoms with Gasteiger partial charge in [-0.2, -0.15) is 10.4 Å². The predicted octanol–water partition coefficient (Wildman–Crippen LogP) is -0.522. The number of anilines is 1. The van der Waals surface area contributed by atoms with Gasteiger partial charge < -0.3 is 11.5 Å². The monoisotopic (exact) mass is 179 g/mol. The van der Waals surface area contributed by atoms with E-state index in [-0.39, 0.29) is 5.69 Å². The van der Waals surface area contributed by atoms with Crippen LogP contribution >= 0.6 is 0 Å². The Morgan fingerprint density at radius 2 is 2.46 bits per heavy atom. The van der Waals surface area contributed by atoms with Crippen LogP contribution in [0.1, 0.15) is 16.9 Å². The molecule has 0 radical (unpaired) electrons. The van der Waals surface area contributed by atoms with Crippen LogP contribution < -0.4 is 11.5 Å². The molecule has 6 heteroatoms. The molecule has 0 spiro atoms. The number of primary amides is 1. The van der Waals surface area contributed by atoms with Gasteiger partial charge in [0, 0.05) is 6.07 Å². The lowest BCUT2D eigenvalue weighted by atomic mass is 10.4. The van der Waals surface area contributed by atoms with E-state index in [1.54, 1.807) is 0 Å². The maximum absolute atomic E-state index is 10.7. The van der Waals surface area contributed by atoms with Gasteiger partial charge in [-0.05, 0) is 0 Å². The van der Waals surface area contributed by atoms with E-state index in [2.05, 4.69) is 5.10 Å². The molecule has 1 aromatic heterocycles. The molecule has 0 aliphatic rings. The van der Waals surface area contributed by atoms with Crippen LogP contribution in [0, 0.1) is 11.3 Å². The fourth-order valence-corrected chi connectivity index (χ4v) is 0.887. The summed E-state index contributed by atoms with van der Waals surface area (Å²) in [5.74, 6) is -0.286. The van der Waals surface area contributed by atoms with Crippen molar-refractivity contribution >= 4 is 11.7 Å². The molecular weight excluding hydrogens is 170 g/mol. The molecule has 0 saturated carbocycles. The molecule has 68 valence electrons. The highest BCUT2D eigenvalue weighted by Crippen LogP contribution is 2.05. The van der Waals surface area contributed by atoms with E-state index in [9.17, 15) is 4.79 Å². The highest BCUT2D eigenvalue weighted by atomic mass is 16.1. The number of aryl methyl sites for hydroxylation is 1. The fraction of sp³-hybridized carbons (Fsp3) is 0.286. The average Bonchev–Trinajstić information content (AvgIpc) is 2.44. The van der Waals surface area contributed by atoms with Crippen molar-refractivity contribution in [3.05, 3.63) is 11.8 Å². The molecule has 1 heterocycles. The van der Waals surface area contributed by atoms with Gasteiger partial charge in [0.05, 0.1) is 19.0 Å². The zero-order chi connectivity index (χ0) is 9.84. The second-order valence-corrected chi connectivity index (χ2v) is 2.45. The maximum Gasteiger partial charge on any atom is 0.269 e. The second-order valence-electron chi connectivity index (χ2n) is 2.45. The molecule has 0 aliphatic carbocycles. The van der Waals surface area contributed by atoms with Gasteiger partial charge in [-0.15, -0.1) is 0 Å². The minimum atomic E-state index is -0.623. The van der Waals surface area contributed by atoms with Crippen molar-refractivity contribution in [3.8, 4) is 6.07 Å². The Kier molecular flexibility index (Phi) is 2.50. The molecule has 4 N–H and O–H groups in total. The SMILES string of the molecule is N#CCCn1nc(C(N)=O)cc1N. The first-order valence-corrected chi connectivity index (χ1v) is 3.65. The number of nitriles is 1. The van der Waals surface area contributed by atoms with Gasteiger partial charge in [0.25, 0.3) is 5.91 Å². The topological polar surface area (TPSA) is 111 Å². The van der Waals surface area contributed by atoms with Gasteiger partial charge in [-0.1, -0.05) is 0 Å². The summed E-state index contributed by atoms with van der Waals surface area (Å²) < 4.78 is 1.38. The van der Waals surface area contributed by atoms with E-state index in [4.69, 9.17) is 16.7 Å². The quantitative estimate of drug-likeness (QED) is 0.650. The molecule has 0 saturated heterocycles. The van der Waals surface area contributed by atoms with Crippen molar-refractivity contribution in [2.24, 2.45) is 5.73 Å². The molecule has 0 unspecified atom stereocenters. The molecular formula is C7H9N5O. The number of carbonyl (C=O) groups excluding carboxylic acids is 1. The van der Waals surface area contributed by atoms with Gasteiger partial charge in [0.15, 0.2) is 5.69 Å². The van der Waals surface area contributed by atoms with E-state index in [0.29, 0.717) is 18.8 Å². The van der Waals surface area contributed by atoms with Crippen molar-refractivity contribution in [2.75, 3.05) is 5.73 Å². The van der Waals surface area contributed by atoms with Gasteiger partial charge in [-0.3, -0.25) is 4.79 Å². The normalized spacial score (nSPS) is 9.46. The van der Waals surface area contributed by atoms with Gasteiger partial charge in [0.1, 0.15) is 5.82 Å². The zero-order valence-electron chi connectivity index (χ0n) is 6.90. The van der Waals surface area contributed by atoms with E-state index in [1.165, 1.54) is 10.7 Å². The van der Waals surface area contributed by atoms with Crippen molar-refractivity contribution < 1.29 is 4.79 Å². The molecule has 1 amide bonds. The van der Waals surface area contributed by atoms with E-state index in [1.807, 2.05) is 6.07 Å². The Balaban J connectivity index is 2.85. The Labute approximate surface area is 74.7 Å². The van der Waals surface area contributed by atoms with Crippen LogP contribution in [-0.2, 0) is 6.54 Å². The van der Waals surface area contributed by atoms with Crippen LogP contribution in [0.3, 0.4) is 0 Å². The first-order chi connectivity index (χ1) is 6.15. The lowest BCUT2D eigenvalue weighted by Gasteiger charge is -1.97. The summed E-state index contributed by atoms with van der Waals surface area (Å²) in [6, 6.07) is 3.34. The van der Waals surface area contributed by atoms with Crippen molar-refractivity contribution in [2.45, 2.75) is 13.0 Å². The third-order valence-electron chi connectivity index (χ3n) is 1.50. The van der Waals surface area contributed by atoms with Gasteiger partial charge >= 0.3 is 0 Å². The Morgan fingerprint density at radius 3 is 2.92 bits per heavy atom. The Bertz CT molecular complexity index is 361. The number of amides is 1. The standard InChI is InChI=1S/C7H9N5O/c8-2-1-3-12-6(9)4-5(11-12)7(10)13/h4H,1,3,9H2,(H2,10,13). The summed E-state index contributed by atoms with van der Waals surface area (Å²) in [6.45, 7) is 0.371. The first-order valence-electron chi connectivity index (χ1n) is 3.65. The number of nitrogen functional groups attached to an aromatic ring is 1. The van der Waals surface area contributed by atoms with Crippen LogP contribution in [0.4, 0.5) is 5.82 Å². The molecule has 0 aromatic carbocycles. The molecule has 0 fully saturated rings. The lowest BCUT2D eigenvalue weighted by molar-refractivity contribution is 0.0994. The largest absolute Gasteiger partial charge is 0.384 e. The molecule has 1 rings (SSSR count). The van der Waals surface area contributed by atoms with Crippen LogP contribution in [-0.4, -0.2) is 15.7 Å². The summed E-state index contributed by atoms with van der Waals surface area (Å²) in [7, 11) is 0. The van der Waals surface area contributed by atoms with Crippen LogP contribution in [0.5, 0.6) is 0 Å². The second kappa shape index (κ2) is 3.58.